The number of amides is 1. The summed E-state index contributed by atoms with van der Waals surface area (Å²) in [6, 6.07) is 14.5. The SMILES string of the molecule is CCOC(=O)c1cccc(NC(=O)c2cnc(-c3ccc(C)cc3)nc2C)c1. The number of benzene rings is 2. The number of carbonyl (C=O) groups is 2. The van der Waals surface area contributed by atoms with Gasteiger partial charge in [-0.2, -0.15) is 0 Å². The fourth-order valence-corrected chi connectivity index (χ4v) is 2.67. The quantitative estimate of drug-likeness (QED) is 0.676. The molecule has 28 heavy (non-hydrogen) atoms. The molecule has 2 aromatic carbocycles. The number of hydrogen-bond donors (Lipinski definition) is 1. The van der Waals surface area contributed by atoms with Gasteiger partial charge in [0.2, 0.25) is 0 Å². The molecule has 0 aliphatic carbocycles. The maximum absolute atomic E-state index is 12.6. The van der Waals surface area contributed by atoms with Crippen molar-refractivity contribution < 1.29 is 14.3 Å². The molecule has 0 radical (unpaired) electrons. The Labute approximate surface area is 163 Å². The molecule has 0 aliphatic rings. The van der Waals surface area contributed by atoms with Crippen LogP contribution < -0.4 is 5.32 Å². The van der Waals surface area contributed by atoms with Gasteiger partial charge in [-0.1, -0.05) is 35.9 Å². The molecule has 1 N–H and O–H groups in total. The lowest BCUT2D eigenvalue weighted by Crippen LogP contribution is -2.15. The summed E-state index contributed by atoms with van der Waals surface area (Å²) < 4.78 is 4.98. The molecule has 0 bridgehead atoms. The Kier molecular flexibility index (Phi) is 5.79. The van der Waals surface area contributed by atoms with Gasteiger partial charge >= 0.3 is 5.97 Å². The van der Waals surface area contributed by atoms with Gasteiger partial charge in [0, 0.05) is 17.4 Å². The Bertz CT molecular complexity index is 1010. The minimum Gasteiger partial charge on any atom is -0.462 e. The second-order valence-corrected chi connectivity index (χ2v) is 6.31. The average Bonchev–Trinajstić information content (AvgIpc) is 2.68. The van der Waals surface area contributed by atoms with Crippen molar-refractivity contribution in [1.82, 2.24) is 9.97 Å². The van der Waals surface area contributed by atoms with Gasteiger partial charge < -0.3 is 10.1 Å². The zero-order valence-corrected chi connectivity index (χ0v) is 16.0. The van der Waals surface area contributed by atoms with Gasteiger partial charge in [0.1, 0.15) is 0 Å². The van der Waals surface area contributed by atoms with Gasteiger partial charge in [-0.15, -0.1) is 0 Å². The van der Waals surface area contributed by atoms with E-state index in [2.05, 4.69) is 15.3 Å². The highest BCUT2D eigenvalue weighted by Gasteiger charge is 2.14. The maximum Gasteiger partial charge on any atom is 0.338 e. The van der Waals surface area contributed by atoms with Crippen LogP contribution in [-0.2, 0) is 4.74 Å². The lowest BCUT2D eigenvalue weighted by Gasteiger charge is -2.09. The number of aryl methyl sites for hydroxylation is 2. The summed E-state index contributed by atoms with van der Waals surface area (Å²) in [6.07, 6.45) is 1.52. The molecular formula is C22H21N3O3. The number of ether oxygens (including phenoxy) is 1. The first-order valence-corrected chi connectivity index (χ1v) is 8.97. The van der Waals surface area contributed by atoms with Crippen molar-refractivity contribution in [2.24, 2.45) is 0 Å². The van der Waals surface area contributed by atoms with Gasteiger partial charge in [0.25, 0.3) is 5.91 Å². The van der Waals surface area contributed by atoms with Crippen LogP contribution in [0.1, 0.15) is 38.9 Å². The van der Waals surface area contributed by atoms with Gasteiger partial charge in [-0.25, -0.2) is 14.8 Å². The summed E-state index contributed by atoms with van der Waals surface area (Å²) in [5.41, 5.74) is 3.87. The van der Waals surface area contributed by atoms with E-state index in [1.807, 2.05) is 31.2 Å². The fourth-order valence-electron chi connectivity index (χ4n) is 2.67. The number of nitrogens with zero attached hydrogens (tertiary/aromatic N) is 2. The van der Waals surface area contributed by atoms with Crippen LogP contribution >= 0.6 is 0 Å². The van der Waals surface area contributed by atoms with E-state index in [0.717, 1.165) is 11.1 Å². The molecule has 0 unspecified atom stereocenters. The number of esters is 1. The summed E-state index contributed by atoms with van der Waals surface area (Å²) in [5.74, 6) is -0.201. The van der Waals surface area contributed by atoms with Crippen LogP contribution in [0.5, 0.6) is 0 Å². The monoisotopic (exact) mass is 375 g/mol. The molecule has 3 rings (SSSR count). The summed E-state index contributed by atoms with van der Waals surface area (Å²) in [7, 11) is 0. The minimum atomic E-state index is -0.430. The van der Waals surface area contributed by atoms with E-state index in [4.69, 9.17) is 4.74 Å². The molecule has 142 valence electrons. The van der Waals surface area contributed by atoms with Crippen LogP contribution in [0.15, 0.2) is 54.7 Å². The van der Waals surface area contributed by atoms with Crippen molar-refractivity contribution in [3.05, 3.63) is 77.1 Å². The molecule has 0 spiro atoms. The van der Waals surface area contributed by atoms with Crippen molar-refractivity contribution in [2.75, 3.05) is 11.9 Å². The average molecular weight is 375 g/mol. The van der Waals surface area contributed by atoms with Crippen LogP contribution in [0.2, 0.25) is 0 Å². The van der Waals surface area contributed by atoms with E-state index in [0.29, 0.717) is 34.9 Å². The largest absolute Gasteiger partial charge is 0.462 e. The number of aromatic nitrogens is 2. The third-order valence-corrected chi connectivity index (χ3v) is 4.17. The van der Waals surface area contributed by atoms with E-state index in [-0.39, 0.29) is 5.91 Å². The molecule has 0 atom stereocenters. The van der Waals surface area contributed by atoms with Gasteiger partial charge in [-0.3, -0.25) is 4.79 Å². The van der Waals surface area contributed by atoms with E-state index < -0.39 is 5.97 Å². The molecular weight excluding hydrogens is 354 g/mol. The lowest BCUT2D eigenvalue weighted by atomic mass is 10.1. The minimum absolute atomic E-state index is 0.291. The number of carbonyl (C=O) groups excluding carboxylic acids is 2. The van der Waals surface area contributed by atoms with Crippen LogP contribution in [-0.4, -0.2) is 28.5 Å². The molecule has 0 saturated heterocycles. The molecule has 1 amide bonds. The third kappa shape index (κ3) is 4.40. The van der Waals surface area contributed by atoms with Crippen molar-refractivity contribution in [3.8, 4) is 11.4 Å². The summed E-state index contributed by atoms with van der Waals surface area (Å²) in [6.45, 7) is 5.81. The van der Waals surface area contributed by atoms with E-state index in [1.54, 1.807) is 38.1 Å². The topological polar surface area (TPSA) is 81.2 Å². The van der Waals surface area contributed by atoms with Crippen molar-refractivity contribution in [3.63, 3.8) is 0 Å². The smallest absolute Gasteiger partial charge is 0.338 e. The van der Waals surface area contributed by atoms with E-state index in [1.165, 1.54) is 6.20 Å². The molecule has 6 nitrogen and oxygen atoms in total. The predicted molar refractivity (Wildman–Crippen MR) is 107 cm³/mol. The van der Waals surface area contributed by atoms with Crippen LogP contribution in [0.25, 0.3) is 11.4 Å². The first-order valence-electron chi connectivity index (χ1n) is 8.97. The number of rotatable bonds is 5. The van der Waals surface area contributed by atoms with E-state index in [9.17, 15) is 9.59 Å². The Morgan fingerprint density at radius 3 is 2.50 bits per heavy atom. The number of anilines is 1. The molecule has 0 aliphatic heterocycles. The normalized spacial score (nSPS) is 10.4. The Morgan fingerprint density at radius 2 is 1.82 bits per heavy atom. The van der Waals surface area contributed by atoms with Crippen LogP contribution in [0, 0.1) is 13.8 Å². The number of hydrogen-bond acceptors (Lipinski definition) is 5. The summed E-state index contributed by atoms with van der Waals surface area (Å²) >= 11 is 0. The molecule has 1 heterocycles. The zero-order valence-electron chi connectivity index (χ0n) is 16.0. The van der Waals surface area contributed by atoms with Crippen LogP contribution in [0.4, 0.5) is 5.69 Å². The third-order valence-electron chi connectivity index (χ3n) is 4.17. The first-order chi connectivity index (χ1) is 13.5. The fraction of sp³-hybridized carbons (Fsp3) is 0.182. The number of nitrogens with one attached hydrogen (secondary N) is 1. The molecule has 1 aromatic heterocycles. The van der Waals surface area contributed by atoms with Gasteiger partial charge in [0.05, 0.1) is 23.4 Å². The molecule has 6 heteroatoms. The molecule has 0 saturated carbocycles. The highest BCUT2D eigenvalue weighted by atomic mass is 16.5. The first kappa shape index (κ1) is 19.2. The summed E-state index contributed by atoms with van der Waals surface area (Å²) in [4.78, 5) is 33.3. The lowest BCUT2D eigenvalue weighted by molar-refractivity contribution is 0.0526. The van der Waals surface area contributed by atoms with Crippen molar-refractivity contribution in [2.45, 2.75) is 20.8 Å². The molecule has 3 aromatic rings. The Hall–Kier alpha value is -3.54. The highest BCUT2D eigenvalue weighted by Crippen LogP contribution is 2.18. The van der Waals surface area contributed by atoms with Crippen LogP contribution in [0.3, 0.4) is 0 Å². The standard InChI is InChI=1S/C22H21N3O3/c1-4-28-22(27)17-6-5-7-18(12-17)25-21(26)19-13-23-20(24-15(19)3)16-10-8-14(2)9-11-16/h5-13H,4H2,1-3H3,(H,25,26). The highest BCUT2D eigenvalue weighted by molar-refractivity contribution is 6.05. The Morgan fingerprint density at radius 1 is 1.07 bits per heavy atom. The van der Waals surface area contributed by atoms with Crippen molar-refractivity contribution in [1.29, 1.82) is 0 Å². The second-order valence-electron chi connectivity index (χ2n) is 6.31. The van der Waals surface area contributed by atoms with Gasteiger partial charge in [0.15, 0.2) is 5.82 Å². The zero-order chi connectivity index (χ0) is 20.1. The summed E-state index contributed by atoms with van der Waals surface area (Å²) in [5, 5.41) is 2.78. The van der Waals surface area contributed by atoms with Crippen molar-refractivity contribution >= 4 is 17.6 Å². The van der Waals surface area contributed by atoms with Gasteiger partial charge in [-0.05, 0) is 39.0 Å². The maximum atomic E-state index is 12.6. The molecule has 0 fully saturated rings. The Balaban J connectivity index is 1.79. The second kappa shape index (κ2) is 8.43. The predicted octanol–water partition coefficient (Wildman–Crippen LogP) is 4.19. The van der Waals surface area contributed by atoms with E-state index >= 15 is 0 Å².